The molecule has 1 unspecified atom stereocenters. The van der Waals surface area contributed by atoms with E-state index in [9.17, 15) is 4.79 Å². The number of amides is 1. The third kappa shape index (κ3) is 2.80. The average molecular weight is 357 g/mol. The van der Waals surface area contributed by atoms with Gasteiger partial charge in [0.25, 0.3) is 5.91 Å². The normalized spacial score (nSPS) is 22.3. The van der Waals surface area contributed by atoms with Crippen molar-refractivity contribution in [3.05, 3.63) is 33.5 Å². The van der Waals surface area contributed by atoms with Gasteiger partial charge in [-0.05, 0) is 38.2 Å². The van der Waals surface area contributed by atoms with E-state index < -0.39 is 0 Å². The number of fused-ring (bicyclic) bond motifs is 2. The highest BCUT2D eigenvalue weighted by atomic mass is 32.1. The molecule has 0 bridgehead atoms. The Morgan fingerprint density at radius 1 is 1.28 bits per heavy atom. The van der Waals surface area contributed by atoms with E-state index in [0.717, 1.165) is 60.3 Å². The number of rotatable bonds is 2. The summed E-state index contributed by atoms with van der Waals surface area (Å²) in [6, 6.07) is 0. The fraction of sp³-hybridized carbons (Fsp3) is 0.556. The Labute approximate surface area is 151 Å². The number of hydrogen-bond acceptors (Lipinski definition) is 6. The Morgan fingerprint density at radius 2 is 2.12 bits per heavy atom. The maximum absolute atomic E-state index is 12.9. The second-order valence-corrected chi connectivity index (χ2v) is 8.53. The zero-order chi connectivity index (χ0) is 17.6. The van der Waals surface area contributed by atoms with Crippen molar-refractivity contribution < 1.29 is 4.79 Å². The summed E-state index contributed by atoms with van der Waals surface area (Å²) in [5.74, 6) is 0.863. The van der Waals surface area contributed by atoms with Gasteiger partial charge in [-0.25, -0.2) is 15.0 Å². The van der Waals surface area contributed by atoms with E-state index in [4.69, 9.17) is 4.98 Å². The van der Waals surface area contributed by atoms with Gasteiger partial charge in [0.15, 0.2) is 0 Å². The maximum atomic E-state index is 12.9. The number of carbonyl (C=O) groups excluding carboxylic acids is 1. The summed E-state index contributed by atoms with van der Waals surface area (Å²) >= 11 is 1.48. The summed E-state index contributed by atoms with van der Waals surface area (Å²) in [5, 5.41) is 0.935. The molecule has 25 heavy (non-hydrogen) atoms. The summed E-state index contributed by atoms with van der Waals surface area (Å²) in [6.07, 6.45) is 7.85. The molecule has 132 valence electrons. The molecule has 1 aliphatic heterocycles. The third-order valence-electron chi connectivity index (χ3n) is 5.32. The number of likely N-dealkylation sites (tertiary alicyclic amines) is 1. The highest BCUT2D eigenvalue weighted by molar-refractivity contribution is 7.13. The third-order valence-corrected chi connectivity index (χ3v) is 6.22. The van der Waals surface area contributed by atoms with Crippen molar-refractivity contribution in [2.45, 2.75) is 38.0 Å². The first-order valence-corrected chi connectivity index (χ1v) is 9.56. The molecule has 2 aromatic rings. The SMILES string of the molecule is Cc1ncc(C(=O)N2CCCC3(CCc4cnc(N(C)C)nc43)C2)s1. The van der Waals surface area contributed by atoms with Crippen molar-refractivity contribution >= 4 is 23.2 Å². The molecule has 1 saturated heterocycles. The molecule has 2 aliphatic rings. The van der Waals surface area contributed by atoms with Gasteiger partial charge in [-0.2, -0.15) is 0 Å². The Morgan fingerprint density at radius 3 is 2.84 bits per heavy atom. The fourth-order valence-electron chi connectivity index (χ4n) is 4.07. The van der Waals surface area contributed by atoms with E-state index in [0.29, 0.717) is 0 Å². The minimum absolute atomic E-state index is 0.0172. The molecule has 4 rings (SSSR count). The van der Waals surface area contributed by atoms with Crippen LogP contribution in [0.1, 0.15) is 45.2 Å². The van der Waals surface area contributed by atoms with Crippen LogP contribution in [0.2, 0.25) is 0 Å². The zero-order valence-corrected chi connectivity index (χ0v) is 15.8. The van der Waals surface area contributed by atoms with Crippen LogP contribution in [0.5, 0.6) is 0 Å². The van der Waals surface area contributed by atoms with Crippen LogP contribution in [0, 0.1) is 6.92 Å². The number of anilines is 1. The number of nitrogens with zero attached hydrogens (tertiary/aromatic N) is 5. The first kappa shape index (κ1) is 16.4. The second-order valence-electron chi connectivity index (χ2n) is 7.29. The Balaban J connectivity index is 1.64. The Bertz CT molecular complexity index is 814. The number of carbonyl (C=O) groups is 1. The van der Waals surface area contributed by atoms with E-state index in [1.807, 2.05) is 37.0 Å². The molecule has 0 aromatic carbocycles. The summed E-state index contributed by atoms with van der Waals surface area (Å²) in [7, 11) is 3.93. The topological polar surface area (TPSA) is 62.2 Å². The smallest absolute Gasteiger partial charge is 0.265 e. The lowest BCUT2D eigenvalue weighted by Gasteiger charge is -2.40. The van der Waals surface area contributed by atoms with Crippen molar-refractivity contribution in [1.29, 1.82) is 0 Å². The Hall–Kier alpha value is -2.02. The van der Waals surface area contributed by atoms with Crippen molar-refractivity contribution in [2.75, 3.05) is 32.1 Å². The molecule has 0 radical (unpaired) electrons. The number of piperidine rings is 1. The molecule has 6 nitrogen and oxygen atoms in total. The lowest BCUT2D eigenvalue weighted by molar-refractivity contribution is 0.0638. The predicted molar refractivity (Wildman–Crippen MR) is 98.3 cm³/mol. The van der Waals surface area contributed by atoms with Crippen LogP contribution in [-0.2, 0) is 11.8 Å². The molecular weight excluding hydrogens is 334 g/mol. The highest BCUT2D eigenvalue weighted by Gasteiger charge is 2.45. The van der Waals surface area contributed by atoms with Gasteiger partial charge in [-0.3, -0.25) is 4.79 Å². The van der Waals surface area contributed by atoms with Gasteiger partial charge in [-0.15, -0.1) is 11.3 Å². The molecule has 1 fully saturated rings. The zero-order valence-electron chi connectivity index (χ0n) is 14.9. The molecule has 1 spiro atoms. The van der Waals surface area contributed by atoms with Crippen LogP contribution >= 0.6 is 11.3 Å². The first-order valence-electron chi connectivity index (χ1n) is 8.74. The second kappa shape index (κ2) is 6.05. The molecular formula is C18H23N5OS. The van der Waals surface area contributed by atoms with Gasteiger partial charge < -0.3 is 9.80 Å². The number of hydrogen-bond donors (Lipinski definition) is 0. The van der Waals surface area contributed by atoms with Crippen molar-refractivity contribution in [1.82, 2.24) is 19.9 Å². The monoisotopic (exact) mass is 357 g/mol. The van der Waals surface area contributed by atoms with Crippen LogP contribution in [0.4, 0.5) is 5.95 Å². The van der Waals surface area contributed by atoms with Crippen LogP contribution in [0.3, 0.4) is 0 Å². The van der Waals surface area contributed by atoms with Gasteiger partial charge in [-0.1, -0.05) is 0 Å². The van der Waals surface area contributed by atoms with Gasteiger partial charge in [0, 0.05) is 38.8 Å². The highest BCUT2D eigenvalue weighted by Crippen LogP contribution is 2.44. The number of thiazole rings is 1. The number of aryl methyl sites for hydroxylation is 2. The van der Waals surface area contributed by atoms with E-state index in [1.165, 1.54) is 16.9 Å². The standard InChI is InChI=1S/C18H23N5OS/c1-12-19-10-14(25-12)16(24)23-8-4-6-18(11-23)7-5-13-9-20-17(22(2)3)21-15(13)18/h9-10H,4-8,11H2,1-3H3. The van der Waals surface area contributed by atoms with E-state index in [-0.39, 0.29) is 11.3 Å². The van der Waals surface area contributed by atoms with Crippen LogP contribution in [0.15, 0.2) is 12.4 Å². The summed E-state index contributed by atoms with van der Waals surface area (Å²) in [6.45, 7) is 3.50. The lowest BCUT2D eigenvalue weighted by atomic mass is 9.77. The lowest BCUT2D eigenvalue weighted by Crippen LogP contribution is -2.47. The van der Waals surface area contributed by atoms with E-state index in [1.54, 1.807) is 6.20 Å². The summed E-state index contributed by atoms with van der Waals surface area (Å²) in [5.41, 5.74) is 2.38. The quantitative estimate of drug-likeness (QED) is 0.826. The molecule has 0 N–H and O–H groups in total. The molecule has 2 aromatic heterocycles. The van der Waals surface area contributed by atoms with Gasteiger partial charge in [0.1, 0.15) is 4.88 Å². The molecule has 0 saturated carbocycles. The van der Waals surface area contributed by atoms with Crippen molar-refractivity contribution in [3.8, 4) is 0 Å². The van der Waals surface area contributed by atoms with Crippen LogP contribution < -0.4 is 4.90 Å². The summed E-state index contributed by atoms with van der Waals surface area (Å²) < 4.78 is 0. The molecule has 3 heterocycles. The van der Waals surface area contributed by atoms with Crippen molar-refractivity contribution in [2.24, 2.45) is 0 Å². The van der Waals surface area contributed by atoms with E-state index >= 15 is 0 Å². The maximum Gasteiger partial charge on any atom is 0.265 e. The minimum Gasteiger partial charge on any atom is -0.347 e. The molecule has 1 atom stereocenters. The molecule has 1 aliphatic carbocycles. The van der Waals surface area contributed by atoms with Gasteiger partial charge >= 0.3 is 0 Å². The van der Waals surface area contributed by atoms with Crippen LogP contribution in [-0.4, -0.2) is 52.9 Å². The fourth-order valence-corrected chi connectivity index (χ4v) is 4.81. The summed E-state index contributed by atoms with van der Waals surface area (Å²) in [4.78, 5) is 31.1. The largest absolute Gasteiger partial charge is 0.347 e. The number of aromatic nitrogens is 3. The van der Waals surface area contributed by atoms with Gasteiger partial charge in [0.05, 0.1) is 16.9 Å². The predicted octanol–water partition coefficient (Wildman–Crippen LogP) is 2.43. The van der Waals surface area contributed by atoms with Crippen LogP contribution in [0.25, 0.3) is 0 Å². The molecule has 7 heteroatoms. The first-order chi connectivity index (χ1) is 12.0. The van der Waals surface area contributed by atoms with Gasteiger partial charge in [0.2, 0.25) is 5.95 Å². The molecule has 1 amide bonds. The average Bonchev–Trinajstić information content (AvgIpc) is 3.19. The minimum atomic E-state index is -0.0172. The van der Waals surface area contributed by atoms with Crippen molar-refractivity contribution in [3.63, 3.8) is 0 Å². The Kier molecular flexibility index (Phi) is 3.98. The van der Waals surface area contributed by atoms with E-state index in [2.05, 4.69) is 9.97 Å².